The largest absolute Gasteiger partial charge is 0.340 e. The minimum atomic E-state index is -0.293. The highest BCUT2D eigenvalue weighted by Gasteiger charge is 2.08. The fourth-order valence-electron chi connectivity index (χ4n) is 2.34. The van der Waals surface area contributed by atoms with Crippen LogP contribution in [0.15, 0.2) is 60.8 Å². The first-order chi connectivity index (χ1) is 12.5. The summed E-state index contributed by atoms with van der Waals surface area (Å²) < 4.78 is 0. The van der Waals surface area contributed by atoms with Crippen molar-refractivity contribution < 1.29 is 4.79 Å². The summed E-state index contributed by atoms with van der Waals surface area (Å²) in [4.78, 5) is 16.6. The van der Waals surface area contributed by atoms with Crippen molar-refractivity contribution in [3.63, 3.8) is 0 Å². The lowest BCUT2D eigenvalue weighted by Crippen LogP contribution is -2.12. The first-order valence-corrected chi connectivity index (χ1v) is 8.24. The third-order valence-corrected chi connectivity index (χ3v) is 3.97. The first-order valence-electron chi connectivity index (χ1n) is 7.86. The summed E-state index contributed by atoms with van der Waals surface area (Å²) >= 11 is 6.02. The maximum absolute atomic E-state index is 12.3. The van der Waals surface area contributed by atoms with E-state index in [0.29, 0.717) is 27.7 Å². The summed E-state index contributed by atoms with van der Waals surface area (Å²) in [5.74, 6) is 0.316. The number of nitrogens with one attached hydrogen (secondary N) is 2. The maximum atomic E-state index is 12.3. The topological polar surface area (TPSA) is 77.8 Å². The minimum absolute atomic E-state index is 0.293. The number of carbonyl (C=O) groups is 1. The smallest absolute Gasteiger partial charge is 0.257 e. The zero-order valence-electron chi connectivity index (χ0n) is 14.0. The Bertz CT molecular complexity index is 993. The molecule has 128 valence electrons. The minimum Gasteiger partial charge on any atom is -0.340 e. The van der Waals surface area contributed by atoms with Crippen LogP contribution in [0.2, 0.25) is 5.02 Å². The molecular formula is C20H15ClN4O. The van der Waals surface area contributed by atoms with Crippen LogP contribution in [0.1, 0.15) is 21.5 Å². The van der Waals surface area contributed by atoms with Crippen molar-refractivity contribution in [1.29, 1.82) is 5.26 Å². The highest BCUT2D eigenvalue weighted by Crippen LogP contribution is 2.23. The lowest BCUT2D eigenvalue weighted by molar-refractivity contribution is 0.102. The standard InChI is InChI=1S/C20H15ClN4O/c1-13-5-7-16(21)10-18(13)25-19-8-6-15(12-23-19)20(26)24-17-4-2-3-14(9-17)11-22/h2-10,12H,1H3,(H,23,25)(H,24,26). The predicted molar refractivity (Wildman–Crippen MR) is 103 cm³/mol. The summed E-state index contributed by atoms with van der Waals surface area (Å²) in [6.07, 6.45) is 1.49. The molecular weight excluding hydrogens is 348 g/mol. The Kier molecular flexibility index (Phi) is 5.16. The van der Waals surface area contributed by atoms with Gasteiger partial charge >= 0.3 is 0 Å². The molecule has 0 unspecified atom stereocenters. The number of hydrogen-bond acceptors (Lipinski definition) is 4. The number of carbonyl (C=O) groups excluding carboxylic acids is 1. The van der Waals surface area contributed by atoms with Crippen LogP contribution in [0.25, 0.3) is 0 Å². The molecule has 5 nitrogen and oxygen atoms in total. The molecule has 0 aliphatic heterocycles. The SMILES string of the molecule is Cc1ccc(Cl)cc1Nc1ccc(C(=O)Nc2cccc(C#N)c2)cn1. The van der Waals surface area contributed by atoms with Gasteiger partial charge in [-0.3, -0.25) is 4.79 Å². The van der Waals surface area contributed by atoms with Crippen LogP contribution in [0.4, 0.5) is 17.2 Å². The maximum Gasteiger partial charge on any atom is 0.257 e. The second-order valence-electron chi connectivity index (χ2n) is 5.66. The molecule has 0 fully saturated rings. The number of benzene rings is 2. The number of pyridine rings is 1. The van der Waals surface area contributed by atoms with Crippen LogP contribution in [0.5, 0.6) is 0 Å². The van der Waals surface area contributed by atoms with Crippen LogP contribution in [0.3, 0.4) is 0 Å². The molecule has 1 amide bonds. The molecule has 0 saturated heterocycles. The van der Waals surface area contributed by atoms with Gasteiger partial charge in [-0.05, 0) is 55.0 Å². The number of amides is 1. The van der Waals surface area contributed by atoms with E-state index < -0.39 is 0 Å². The van der Waals surface area contributed by atoms with Crippen molar-refractivity contribution in [3.8, 4) is 6.07 Å². The molecule has 0 radical (unpaired) electrons. The fourth-order valence-corrected chi connectivity index (χ4v) is 2.51. The number of hydrogen-bond donors (Lipinski definition) is 2. The van der Waals surface area contributed by atoms with Gasteiger partial charge in [0.2, 0.25) is 0 Å². The molecule has 2 N–H and O–H groups in total. The average Bonchev–Trinajstić information content (AvgIpc) is 2.65. The van der Waals surface area contributed by atoms with Crippen LogP contribution < -0.4 is 10.6 Å². The molecule has 3 aromatic rings. The summed E-state index contributed by atoms with van der Waals surface area (Å²) in [6, 6.07) is 17.7. The Morgan fingerprint density at radius 3 is 2.73 bits per heavy atom. The number of halogens is 1. The van der Waals surface area contributed by atoms with Crippen LogP contribution in [-0.2, 0) is 0 Å². The van der Waals surface area contributed by atoms with E-state index >= 15 is 0 Å². The predicted octanol–water partition coefficient (Wildman–Crippen LogP) is 4.91. The van der Waals surface area contributed by atoms with E-state index in [1.807, 2.05) is 31.2 Å². The fraction of sp³-hybridized carbons (Fsp3) is 0.0500. The van der Waals surface area contributed by atoms with Crippen LogP contribution in [0, 0.1) is 18.3 Å². The molecule has 0 aliphatic carbocycles. The molecule has 2 aromatic carbocycles. The van der Waals surface area contributed by atoms with E-state index in [1.54, 1.807) is 36.4 Å². The van der Waals surface area contributed by atoms with Gasteiger partial charge < -0.3 is 10.6 Å². The monoisotopic (exact) mass is 362 g/mol. The summed E-state index contributed by atoms with van der Waals surface area (Å²) in [5, 5.41) is 15.5. The number of nitrogens with zero attached hydrogens (tertiary/aromatic N) is 2. The Morgan fingerprint density at radius 2 is 2.00 bits per heavy atom. The first kappa shape index (κ1) is 17.5. The van der Waals surface area contributed by atoms with E-state index in [0.717, 1.165) is 11.3 Å². The third-order valence-electron chi connectivity index (χ3n) is 3.74. The molecule has 0 bridgehead atoms. The molecule has 3 rings (SSSR count). The zero-order valence-corrected chi connectivity index (χ0v) is 14.7. The van der Waals surface area contributed by atoms with Crippen molar-refractivity contribution in [3.05, 3.63) is 82.5 Å². The van der Waals surface area contributed by atoms with E-state index in [2.05, 4.69) is 15.6 Å². The summed E-state index contributed by atoms with van der Waals surface area (Å²) in [5.41, 5.74) is 3.36. The second-order valence-corrected chi connectivity index (χ2v) is 6.10. The molecule has 26 heavy (non-hydrogen) atoms. The van der Waals surface area contributed by atoms with Gasteiger partial charge in [-0.15, -0.1) is 0 Å². The van der Waals surface area contributed by atoms with Crippen molar-refractivity contribution in [1.82, 2.24) is 4.98 Å². The van der Waals surface area contributed by atoms with Gasteiger partial charge in [0.1, 0.15) is 5.82 Å². The Labute approximate surface area is 156 Å². The number of aryl methyl sites for hydroxylation is 1. The normalized spacial score (nSPS) is 10.0. The molecule has 0 saturated carbocycles. The van der Waals surface area contributed by atoms with E-state index in [1.165, 1.54) is 6.20 Å². The number of anilines is 3. The number of aromatic nitrogens is 1. The van der Waals surface area contributed by atoms with Gasteiger partial charge in [0.25, 0.3) is 5.91 Å². The van der Waals surface area contributed by atoms with Gasteiger partial charge in [0.15, 0.2) is 0 Å². The number of nitriles is 1. The Hall–Kier alpha value is -3.36. The highest BCUT2D eigenvalue weighted by atomic mass is 35.5. The van der Waals surface area contributed by atoms with Crippen LogP contribution >= 0.6 is 11.6 Å². The Balaban J connectivity index is 1.71. The van der Waals surface area contributed by atoms with Crippen LogP contribution in [-0.4, -0.2) is 10.9 Å². The van der Waals surface area contributed by atoms with E-state index in [9.17, 15) is 4.79 Å². The highest BCUT2D eigenvalue weighted by molar-refractivity contribution is 6.30. The summed E-state index contributed by atoms with van der Waals surface area (Å²) in [6.45, 7) is 1.97. The Morgan fingerprint density at radius 1 is 1.15 bits per heavy atom. The summed E-state index contributed by atoms with van der Waals surface area (Å²) in [7, 11) is 0. The van der Waals surface area contributed by atoms with Gasteiger partial charge in [-0.2, -0.15) is 5.26 Å². The quantitative estimate of drug-likeness (QED) is 0.691. The lowest BCUT2D eigenvalue weighted by Gasteiger charge is -2.10. The van der Waals surface area contributed by atoms with E-state index in [-0.39, 0.29) is 5.91 Å². The van der Waals surface area contributed by atoms with Crippen molar-refractivity contribution >= 4 is 34.7 Å². The molecule has 6 heteroatoms. The van der Waals surface area contributed by atoms with E-state index in [4.69, 9.17) is 16.9 Å². The van der Waals surface area contributed by atoms with Gasteiger partial charge in [0, 0.05) is 22.6 Å². The van der Waals surface area contributed by atoms with Crippen molar-refractivity contribution in [2.75, 3.05) is 10.6 Å². The zero-order chi connectivity index (χ0) is 18.5. The third kappa shape index (κ3) is 4.18. The molecule has 0 aliphatic rings. The van der Waals surface area contributed by atoms with Gasteiger partial charge in [-0.25, -0.2) is 4.98 Å². The van der Waals surface area contributed by atoms with Gasteiger partial charge in [0.05, 0.1) is 17.2 Å². The molecule has 0 atom stereocenters. The van der Waals surface area contributed by atoms with Crippen molar-refractivity contribution in [2.24, 2.45) is 0 Å². The molecule has 1 heterocycles. The van der Waals surface area contributed by atoms with Gasteiger partial charge in [-0.1, -0.05) is 23.7 Å². The lowest BCUT2D eigenvalue weighted by atomic mass is 10.2. The number of rotatable bonds is 4. The van der Waals surface area contributed by atoms with Crippen molar-refractivity contribution in [2.45, 2.75) is 6.92 Å². The molecule has 0 spiro atoms. The second kappa shape index (κ2) is 7.68. The average molecular weight is 363 g/mol. The molecule has 1 aromatic heterocycles.